The van der Waals surface area contributed by atoms with Crippen molar-refractivity contribution in [1.82, 2.24) is 20.1 Å². The van der Waals surface area contributed by atoms with Crippen molar-refractivity contribution in [2.75, 3.05) is 13.2 Å². The van der Waals surface area contributed by atoms with Gasteiger partial charge in [-0.05, 0) is 31.4 Å². The van der Waals surface area contributed by atoms with Crippen LogP contribution in [0.3, 0.4) is 0 Å². The fraction of sp³-hybridized carbons (Fsp3) is 0.381. The Kier molecular flexibility index (Phi) is 6.73. The van der Waals surface area contributed by atoms with Crippen molar-refractivity contribution in [2.45, 2.75) is 39.4 Å². The summed E-state index contributed by atoms with van der Waals surface area (Å²) in [4.78, 5) is 16.8. The maximum absolute atomic E-state index is 12.4. The van der Waals surface area contributed by atoms with Crippen LogP contribution in [0.15, 0.2) is 42.7 Å². The predicted octanol–water partition coefficient (Wildman–Crippen LogP) is 2.42. The zero-order valence-electron chi connectivity index (χ0n) is 16.4. The summed E-state index contributed by atoms with van der Waals surface area (Å²) >= 11 is 0. The van der Waals surface area contributed by atoms with Gasteiger partial charge in [-0.2, -0.15) is 5.10 Å². The van der Waals surface area contributed by atoms with Crippen LogP contribution < -0.4 is 11.1 Å². The van der Waals surface area contributed by atoms with E-state index < -0.39 is 0 Å². The van der Waals surface area contributed by atoms with Gasteiger partial charge in [0.25, 0.3) is 5.91 Å². The molecule has 0 radical (unpaired) electrons. The molecule has 4 rings (SSSR count). The highest BCUT2D eigenvalue weighted by Crippen LogP contribution is 2.19. The first-order valence-corrected chi connectivity index (χ1v) is 9.56. The number of nitrogens with one attached hydrogen (secondary N) is 1. The van der Waals surface area contributed by atoms with Crippen molar-refractivity contribution in [3.63, 3.8) is 0 Å². The third kappa shape index (κ3) is 4.74. The Bertz CT molecular complexity index is 917. The molecule has 3 aromatic rings. The average molecular weight is 381 g/mol. The number of aromatic nitrogens is 3. The summed E-state index contributed by atoms with van der Waals surface area (Å²) < 4.78 is 6.76. The molecule has 0 unspecified atom stereocenters. The highest BCUT2D eigenvalue weighted by Gasteiger charge is 2.14. The van der Waals surface area contributed by atoms with Gasteiger partial charge in [-0.3, -0.25) is 4.79 Å². The van der Waals surface area contributed by atoms with Crippen LogP contribution in [0.5, 0.6) is 0 Å². The maximum atomic E-state index is 12.4. The van der Waals surface area contributed by atoms with Crippen LogP contribution in [0.4, 0.5) is 0 Å². The molecule has 3 heterocycles. The van der Waals surface area contributed by atoms with Crippen LogP contribution in [0, 0.1) is 6.92 Å². The van der Waals surface area contributed by atoms with Crippen molar-refractivity contribution in [1.29, 1.82) is 0 Å². The van der Waals surface area contributed by atoms with E-state index in [1.807, 2.05) is 48.9 Å². The summed E-state index contributed by atoms with van der Waals surface area (Å²) in [5.41, 5.74) is 8.81. The highest BCUT2D eigenvalue weighted by atomic mass is 16.5. The van der Waals surface area contributed by atoms with E-state index in [0.717, 1.165) is 48.3 Å². The van der Waals surface area contributed by atoms with Gasteiger partial charge in [0.2, 0.25) is 0 Å². The molecule has 2 aromatic heterocycles. The molecule has 0 bridgehead atoms. The minimum Gasteiger partial charge on any atom is -0.380 e. The van der Waals surface area contributed by atoms with E-state index in [0.29, 0.717) is 18.2 Å². The van der Waals surface area contributed by atoms with Gasteiger partial charge >= 0.3 is 0 Å². The third-order valence-corrected chi connectivity index (χ3v) is 4.74. The number of pyridine rings is 1. The van der Waals surface area contributed by atoms with E-state index in [9.17, 15) is 4.79 Å². The summed E-state index contributed by atoms with van der Waals surface area (Å²) in [6.45, 7) is 6.84. The Labute approximate surface area is 164 Å². The topological polar surface area (TPSA) is 95.1 Å². The Balaban J connectivity index is 0.000000320. The fourth-order valence-electron chi connectivity index (χ4n) is 3.03. The quantitative estimate of drug-likeness (QED) is 0.724. The zero-order chi connectivity index (χ0) is 19.9. The second-order valence-corrected chi connectivity index (χ2v) is 6.79. The van der Waals surface area contributed by atoms with Crippen LogP contribution in [-0.2, 0) is 17.8 Å². The van der Waals surface area contributed by atoms with Crippen molar-refractivity contribution in [2.24, 2.45) is 5.73 Å². The summed E-state index contributed by atoms with van der Waals surface area (Å²) in [5, 5.41) is 8.15. The molecule has 0 aliphatic carbocycles. The highest BCUT2D eigenvalue weighted by molar-refractivity contribution is 5.99. The van der Waals surface area contributed by atoms with Gasteiger partial charge in [0.15, 0.2) is 5.65 Å². The molecule has 1 atom stereocenters. The molecule has 1 fully saturated rings. The number of nitrogens with two attached hydrogens (primary N) is 1. The number of carbonyl (C=O) groups is 1. The molecular weight excluding hydrogens is 354 g/mol. The lowest BCUT2D eigenvalue weighted by atomic mass is 10.1. The third-order valence-electron chi connectivity index (χ3n) is 4.74. The summed E-state index contributed by atoms with van der Waals surface area (Å²) in [6, 6.07) is 10.2. The lowest BCUT2D eigenvalue weighted by Crippen LogP contribution is -2.23. The molecule has 0 spiro atoms. The lowest BCUT2D eigenvalue weighted by Gasteiger charge is -2.08. The number of benzene rings is 1. The number of carbonyl (C=O) groups excluding carboxylic acids is 1. The molecule has 1 aliphatic rings. The number of hydrogen-bond donors (Lipinski definition) is 2. The second kappa shape index (κ2) is 9.43. The molecule has 148 valence electrons. The Morgan fingerprint density at radius 1 is 1.32 bits per heavy atom. The Hall–Kier alpha value is -2.77. The number of ether oxygens (including phenoxy) is 1. The van der Waals surface area contributed by atoms with Gasteiger partial charge < -0.3 is 15.8 Å². The van der Waals surface area contributed by atoms with Gasteiger partial charge in [0.1, 0.15) is 0 Å². The zero-order valence-corrected chi connectivity index (χ0v) is 16.4. The van der Waals surface area contributed by atoms with Gasteiger partial charge in [-0.25, -0.2) is 9.67 Å². The largest absolute Gasteiger partial charge is 0.380 e. The van der Waals surface area contributed by atoms with Gasteiger partial charge in [0, 0.05) is 37.3 Å². The molecule has 28 heavy (non-hydrogen) atoms. The lowest BCUT2D eigenvalue weighted by molar-refractivity contribution is 0.0950. The summed E-state index contributed by atoms with van der Waals surface area (Å²) in [7, 11) is 0. The molecule has 0 saturated carbocycles. The van der Waals surface area contributed by atoms with E-state index in [1.54, 1.807) is 12.4 Å². The molecule has 3 N–H and O–H groups in total. The molecule has 1 saturated heterocycles. The van der Waals surface area contributed by atoms with E-state index in [4.69, 9.17) is 10.5 Å². The van der Waals surface area contributed by atoms with Crippen LogP contribution in [0.1, 0.15) is 34.8 Å². The molecule has 1 amide bonds. The number of fused-ring (bicyclic) bond motifs is 1. The van der Waals surface area contributed by atoms with Crippen LogP contribution in [0.2, 0.25) is 0 Å². The summed E-state index contributed by atoms with van der Waals surface area (Å²) in [6.07, 6.45) is 4.45. The molecule has 7 heteroatoms. The average Bonchev–Trinajstić information content (AvgIpc) is 3.37. The van der Waals surface area contributed by atoms with Crippen LogP contribution >= 0.6 is 0 Å². The van der Waals surface area contributed by atoms with Gasteiger partial charge in [-0.15, -0.1) is 0 Å². The van der Waals surface area contributed by atoms with Crippen molar-refractivity contribution in [3.05, 3.63) is 59.4 Å². The first-order chi connectivity index (χ1) is 13.6. The smallest absolute Gasteiger partial charge is 0.253 e. The second-order valence-electron chi connectivity index (χ2n) is 6.79. The fourth-order valence-corrected chi connectivity index (χ4v) is 3.03. The molecule has 7 nitrogen and oxygen atoms in total. The Morgan fingerprint density at radius 3 is 2.71 bits per heavy atom. The predicted molar refractivity (Wildman–Crippen MR) is 109 cm³/mol. The maximum Gasteiger partial charge on any atom is 0.253 e. The normalized spacial score (nSPS) is 15.9. The van der Waals surface area contributed by atoms with E-state index in [2.05, 4.69) is 15.4 Å². The van der Waals surface area contributed by atoms with Crippen molar-refractivity contribution in [3.8, 4) is 0 Å². The molecular formula is C21H27N5O2. The first kappa shape index (κ1) is 20.0. The summed E-state index contributed by atoms with van der Waals surface area (Å²) in [5.74, 6) is -0.111. The first-order valence-electron chi connectivity index (χ1n) is 9.56. The number of hydrogen-bond acceptors (Lipinski definition) is 5. The van der Waals surface area contributed by atoms with E-state index >= 15 is 0 Å². The SMILES string of the molecule is CCn1ncc2c(C)c(C(=O)NCc3ccccc3)cnc21.N[C@H]1CCOC1. The van der Waals surface area contributed by atoms with E-state index in [1.165, 1.54) is 0 Å². The Morgan fingerprint density at radius 2 is 2.11 bits per heavy atom. The van der Waals surface area contributed by atoms with Gasteiger partial charge in [0.05, 0.1) is 18.4 Å². The molecule has 1 aliphatic heterocycles. The standard InChI is InChI=1S/C17H18N4O.C4H9NO/c1-3-21-16-14(11-20-21)12(2)15(10-18-16)17(22)19-9-13-7-5-4-6-8-13;5-4-1-2-6-3-4/h4-8,10-11H,3,9H2,1-2H3,(H,19,22);4H,1-3,5H2/t;4-/m.0/s1. The van der Waals surface area contributed by atoms with Gasteiger partial charge in [-0.1, -0.05) is 30.3 Å². The minimum atomic E-state index is -0.111. The van der Waals surface area contributed by atoms with Crippen molar-refractivity contribution < 1.29 is 9.53 Å². The number of amides is 1. The monoisotopic (exact) mass is 381 g/mol. The van der Waals surface area contributed by atoms with E-state index in [-0.39, 0.29) is 5.91 Å². The number of nitrogens with zero attached hydrogens (tertiary/aromatic N) is 3. The number of rotatable bonds is 4. The minimum absolute atomic E-state index is 0.111. The van der Waals surface area contributed by atoms with Crippen molar-refractivity contribution >= 4 is 16.9 Å². The van der Waals surface area contributed by atoms with Crippen LogP contribution in [0.25, 0.3) is 11.0 Å². The number of aryl methyl sites for hydroxylation is 2. The molecule has 1 aromatic carbocycles. The van der Waals surface area contributed by atoms with Crippen LogP contribution in [-0.4, -0.2) is 39.9 Å².